The van der Waals surface area contributed by atoms with Gasteiger partial charge in [0.05, 0.1) is 11.1 Å². The average Bonchev–Trinajstić information content (AvgIpc) is 3.38. The second-order valence-corrected chi connectivity index (χ2v) is 7.52. The zero-order valence-electron chi connectivity index (χ0n) is 13.8. The zero-order chi connectivity index (χ0) is 16.7. The number of rotatable bonds is 3. The fourth-order valence-electron chi connectivity index (χ4n) is 3.52. The summed E-state index contributed by atoms with van der Waals surface area (Å²) in [5.41, 5.74) is 2.59. The standard InChI is InChI=1S/C19H22ClN3O/c1-11-8-14(6-7-21-11)22-19(24)16-10-18(12-2-3-12)23-17-5-4-13(20)9-15(16)17/h4-5,9-12,14,21H,2-3,6-8H2,1H3,(H,22,24). The number of hydrogen-bond acceptors (Lipinski definition) is 3. The molecule has 2 fully saturated rings. The number of carbonyl (C=O) groups is 1. The first-order chi connectivity index (χ1) is 11.6. The van der Waals surface area contributed by atoms with Crippen LogP contribution < -0.4 is 10.6 Å². The van der Waals surface area contributed by atoms with Gasteiger partial charge in [0.2, 0.25) is 0 Å². The molecular weight excluding hydrogens is 322 g/mol. The zero-order valence-corrected chi connectivity index (χ0v) is 14.6. The van der Waals surface area contributed by atoms with E-state index in [1.165, 1.54) is 12.8 Å². The Morgan fingerprint density at radius 3 is 2.88 bits per heavy atom. The van der Waals surface area contributed by atoms with Gasteiger partial charge < -0.3 is 10.6 Å². The molecule has 24 heavy (non-hydrogen) atoms. The maximum Gasteiger partial charge on any atom is 0.252 e. The van der Waals surface area contributed by atoms with Crippen LogP contribution in [0.4, 0.5) is 0 Å². The summed E-state index contributed by atoms with van der Waals surface area (Å²) in [7, 11) is 0. The predicted molar refractivity (Wildman–Crippen MR) is 96.7 cm³/mol. The van der Waals surface area contributed by atoms with Gasteiger partial charge in [-0.2, -0.15) is 0 Å². The topological polar surface area (TPSA) is 54.0 Å². The number of nitrogens with zero attached hydrogens (tertiary/aromatic N) is 1. The van der Waals surface area contributed by atoms with Crippen molar-refractivity contribution in [2.75, 3.05) is 6.54 Å². The molecule has 0 radical (unpaired) electrons. The number of hydrogen-bond donors (Lipinski definition) is 2. The molecule has 4 rings (SSSR count). The van der Waals surface area contributed by atoms with E-state index >= 15 is 0 Å². The van der Waals surface area contributed by atoms with Gasteiger partial charge in [-0.3, -0.25) is 9.78 Å². The highest BCUT2D eigenvalue weighted by Gasteiger charge is 2.28. The molecule has 2 aromatic rings. The Morgan fingerprint density at radius 2 is 2.12 bits per heavy atom. The van der Waals surface area contributed by atoms with Crippen LogP contribution in [0, 0.1) is 0 Å². The minimum absolute atomic E-state index is 0.00864. The van der Waals surface area contributed by atoms with E-state index in [0.717, 1.165) is 36.0 Å². The molecular formula is C19H22ClN3O. The molecule has 4 nitrogen and oxygen atoms in total. The third kappa shape index (κ3) is 3.26. The van der Waals surface area contributed by atoms with Gasteiger partial charge in [-0.05, 0) is 63.4 Å². The maximum atomic E-state index is 12.9. The Bertz CT molecular complexity index is 788. The van der Waals surface area contributed by atoms with Crippen molar-refractivity contribution < 1.29 is 4.79 Å². The van der Waals surface area contributed by atoms with Crippen LogP contribution in [0.5, 0.6) is 0 Å². The first-order valence-corrected chi connectivity index (χ1v) is 9.12. The second-order valence-electron chi connectivity index (χ2n) is 7.08. The highest BCUT2D eigenvalue weighted by Crippen LogP contribution is 2.40. The molecule has 0 spiro atoms. The molecule has 2 aliphatic rings. The van der Waals surface area contributed by atoms with E-state index in [9.17, 15) is 4.79 Å². The molecule has 2 atom stereocenters. The average molecular weight is 344 g/mol. The molecule has 5 heteroatoms. The van der Waals surface area contributed by atoms with Crippen molar-refractivity contribution in [3.8, 4) is 0 Å². The largest absolute Gasteiger partial charge is 0.349 e. The highest BCUT2D eigenvalue weighted by atomic mass is 35.5. The van der Waals surface area contributed by atoms with E-state index in [1.807, 2.05) is 24.3 Å². The lowest BCUT2D eigenvalue weighted by atomic mass is 9.99. The smallest absolute Gasteiger partial charge is 0.252 e. The van der Waals surface area contributed by atoms with Crippen molar-refractivity contribution in [1.82, 2.24) is 15.6 Å². The van der Waals surface area contributed by atoms with Gasteiger partial charge in [-0.1, -0.05) is 11.6 Å². The summed E-state index contributed by atoms with van der Waals surface area (Å²) in [5, 5.41) is 8.10. The van der Waals surface area contributed by atoms with Crippen LogP contribution in [0.1, 0.15) is 54.6 Å². The summed E-state index contributed by atoms with van der Waals surface area (Å²) in [6, 6.07) is 8.23. The maximum absolute atomic E-state index is 12.9. The van der Waals surface area contributed by atoms with Crippen LogP contribution in [0.3, 0.4) is 0 Å². The first-order valence-electron chi connectivity index (χ1n) is 8.74. The van der Waals surface area contributed by atoms with Crippen LogP contribution in [-0.4, -0.2) is 29.5 Å². The highest BCUT2D eigenvalue weighted by molar-refractivity contribution is 6.31. The summed E-state index contributed by atoms with van der Waals surface area (Å²) in [5.74, 6) is 0.501. The Kier molecular flexibility index (Phi) is 4.19. The molecule has 1 amide bonds. The lowest BCUT2D eigenvalue weighted by Gasteiger charge is -2.28. The third-order valence-corrected chi connectivity index (χ3v) is 5.22. The molecule has 1 saturated carbocycles. The number of halogens is 1. The first kappa shape index (κ1) is 15.9. The number of amides is 1. The molecule has 126 valence electrons. The number of fused-ring (bicyclic) bond motifs is 1. The molecule has 1 aliphatic heterocycles. The molecule has 1 saturated heterocycles. The summed E-state index contributed by atoms with van der Waals surface area (Å²) >= 11 is 6.15. The molecule has 2 heterocycles. The molecule has 2 unspecified atom stereocenters. The lowest BCUT2D eigenvalue weighted by molar-refractivity contribution is 0.0927. The van der Waals surface area contributed by atoms with Crippen molar-refractivity contribution in [3.05, 3.63) is 40.5 Å². The van der Waals surface area contributed by atoms with Gasteiger partial charge >= 0.3 is 0 Å². The van der Waals surface area contributed by atoms with Crippen LogP contribution >= 0.6 is 11.6 Å². The summed E-state index contributed by atoms with van der Waals surface area (Å²) in [4.78, 5) is 17.7. The van der Waals surface area contributed by atoms with Crippen LogP contribution in [0.2, 0.25) is 5.02 Å². The van der Waals surface area contributed by atoms with Gasteiger partial charge in [0.25, 0.3) is 5.91 Å². The predicted octanol–water partition coefficient (Wildman–Crippen LogP) is 3.64. The van der Waals surface area contributed by atoms with Gasteiger partial charge in [-0.15, -0.1) is 0 Å². The summed E-state index contributed by atoms with van der Waals surface area (Å²) in [6.45, 7) is 3.10. The van der Waals surface area contributed by atoms with E-state index in [1.54, 1.807) is 0 Å². The van der Waals surface area contributed by atoms with Gasteiger partial charge in [0.15, 0.2) is 0 Å². The number of nitrogens with one attached hydrogen (secondary N) is 2. The fraction of sp³-hybridized carbons (Fsp3) is 0.474. The van der Waals surface area contributed by atoms with E-state index in [0.29, 0.717) is 22.5 Å². The van der Waals surface area contributed by atoms with Crippen molar-refractivity contribution in [2.45, 2.75) is 50.6 Å². The number of aromatic nitrogens is 1. The molecule has 2 N–H and O–H groups in total. The normalized spacial score (nSPS) is 24.1. The number of carbonyl (C=O) groups excluding carboxylic acids is 1. The molecule has 1 aromatic heterocycles. The van der Waals surface area contributed by atoms with Crippen LogP contribution in [0.25, 0.3) is 10.9 Å². The van der Waals surface area contributed by atoms with Gasteiger partial charge in [0.1, 0.15) is 0 Å². The molecule has 0 bridgehead atoms. The minimum atomic E-state index is -0.00864. The van der Waals surface area contributed by atoms with Crippen LogP contribution in [0.15, 0.2) is 24.3 Å². The van der Waals surface area contributed by atoms with Crippen molar-refractivity contribution in [1.29, 1.82) is 0 Å². The van der Waals surface area contributed by atoms with Gasteiger partial charge in [0, 0.05) is 34.1 Å². The van der Waals surface area contributed by atoms with Crippen molar-refractivity contribution in [2.24, 2.45) is 0 Å². The van der Waals surface area contributed by atoms with Crippen molar-refractivity contribution >= 4 is 28.4 Å². The number of piperidine rings is 1. The fourth-order valence-corrected chi connectivity index (χ4v) is 3.69. The monoisotopic (exact) mass is 343 g/mol. The van der Waals surface area contributed by atoms with Crippen molar-refractivity contribution in [3.63, 3.8) is 0 Å². The Balaban J connectivity index is 1.68. The molecule has 1 aromatic carbocycles. The summed E-state index contributed by atoms with van der Waals surface area (Å²) in [6.07, 6.45) is 4.26. The lowest BCUT2D eigenvalue weighted by Crippen LogP contribution is -2.46. The molecule has 1 aliphatic carbocycles. The summed E-state index contributed by atoms with van der Waals surface area (Å²) < 4.78 is 0. The number of pyridine rings is 1. The van der Waals surface area contributed by atoms with E-state index in [2.05, 4.69) is 17.6 Å². The third-order valence-electron chi connectivity index (χ3n) is 4.99. The second kappa shape index (κ2) is 6.34. The van der Waals surface area contributed by atoms with E-state index in [-0.39, 0.29) is 11.9 Å². The van der Waals surface area contributed by atoms with Gasteiger partial charge in [-0.25, -0.2) is 0 Å². The van der Waals surface area contributed by atoms with E-state index < -0.39 is 0 Å². The SMILES string of the molecule is CC1CC(NC(=O)c2cc(C3CC3)nc3ccc(Cl)cc23)CCN1. The quantitative estimate of drug-likeness (QED) is 0.894. The van der Waals surface area contributed by atoms with Crippen LogP contribution in [-0.2, 0) is 0 Å². The Morgan fingerprint density at radius 1 is 1.29 bits per heavy atom. The number of benzene rings is 1. The Labute approximate surface area is 147 Å². The minimum Gasteiger partial charge on any atom is -0.349 e. The van der Waals surface area contributed by atoms with E-state index in [4.69, 9.17) is 16.6 Å². The Hall–Kier alpha value is -1.65.